The third-order valence-corrected chi connectivity index (χ3v) is 2.48. The molecule has 0 radical (unpaired) electrons. The minimum atomic E-state index is -1.04. The van der Waals surface area contributed by atoms with Crippen LogP contribution in [-0.4, -0.2) is 26.9 Å². The molecule has 3 N–H and O–H groups in total. The molecule has 1 aromatic heterocycles. The van der Waals surface area contributed by atoms with Crippen molar-refractivity contribution in [2.75, 3.05) is 0 Å². The van der Waals surface area contributed by atoms with Crippen LogP contribution in [0.4, 0.5) is 0 Å². The van der Waals surface area contributed by atoms with Crippen molar-refractivity contribution in [3.05, 3.63) is 16.4 Å². The molecule has 1 atom stereocenters. The zero-order valence-electron chi connectivity index (χ0n) is 7.99. The molecule has 1 unspecified atom stereocenters. The fraction of sp³-hybridized carbons (Fsp3) is 0.500. The van der Waals surface area contributed by atoms with Crippen LogP contribution in [0.5, 0.6) is 0 Å². The number of carbonyl (C=O) groups is 1. The summed E-state index contributed by atoms with van der Waals surface area (Å²) in [6.07, 6.45) is 0.202. The van der Waals surface area contributed by atoms with Crippen LogP contribution in [0.25, 0.3) is 0 Å². The summed E-state index contributed by atoms with van der Waals surface area (Å²) in [5.41, 5.74) is 6.82. The van der Waals surface area contributed by atoms with E-state index in [4.69, 9.17) is 22.4 Å². The van der Waals surface area contributed by atoms with Crippen LogP contribution in [0.15, 0.2) is 0 Å². The van der Waals surface area contributed by atoms with Gasteiger partial charge in [0.05, 0.1) is 5.69 Å². The molecule has 0 saturated carbocycles. The predicted octanol–water partition coefficient (Wildman–Crippen LogP) is 0.336. The maximum atomic E-state index is 10.5. The number of halogens is 1. The first kappa shape index (κ1) is 11.0. The third kappa shape index (κ3) is 2.05. The van der Waals surface area contributed by atoms with E-state index in [-0.39, 0.29) is 6.42 Å². The van der Waals surface area contributed by atoms with Crippen molar-refractivity contribution in [2.24, 2.45) is 12.8 Å². The minimum absolute atomic E-state index is 0.202. The van der Waals surface area contributed by atoms with E-state index in [1.807, 2.05) is 0 Å². The Morgan fingerprint density at radius 3 is 2.71 bits per heavy atom. The number of carboxylic acid groups (broad SMARTS) is 1. The summed E-state index contributed by atoms with van der Waals surface area (Å²) < 4.78 is 1.50. The Bertz CT molecular complexity index is 362. The lowest BCUT2D eigenvalue weighted by molar-refractivity contribution is -0.138. The van der Waals surface area contributed by atoms with Crippen molar-refractivity contribution in [3.8, 4) is 0 Å². The smallest absolute Gasteiger partial charge is 0.320 e. The Balaban J connectivity index is 2.91. The summed E-state index contributed by atoms with van der Waals surface area (Å²) in [4.78, 5) is 10.5. The minimum Gasteiger partial charge on any atom is -0.480 e. The number of nitrogens with zero attached hydrogens (tertiary/aromatic N) is 2. The highest BCUT2D eigenvalue weighted by atomic mass is 35.5. The fourth-order valence-corrected chi connectivity index (χ4v) is 1.46. The highest BCUT2D eigenvalue weighted by molar-refractivity contribution is 6.30. The molecule has 78 valence electrons. The normalized spacial score (nSPS) is 12.9. The number of rotatable bonds is 3. The second kappa shape index (κ2) is 3.98. The molecule has 5 nitrogen and oxygen atoms in total. The molecule has 0 amide bonds. The van der Waals surface area contributed by atoms with E-state index in [1.54, 1.807) is 14.0 Å². The van der Waals surface area contributed by atoms with Gasteiger partial charge in [-0.15, -0.1) is 0 Å². The summed E-state index contributed by atoms with van der Waals surface area (Å²) in [5.74, 6) is -1.04. The maximum Gasteiger partial charge on any atom is 0.320 e. The standard InChI is InChI=1S/C8H12ClN3O2/c1-4-5(3-6(10)8(13)14)7(9)12(2)11-4/h6H,3,10H2,1-2H3,(H,13,14). The van der Waals surface area contributed by atoms with Gasteiger partial charge in [-0.05, 0) is 6.92 Å². The topological polar surface area (TPSA) is 81.1 Å². The van der Waals surface area contributed by atoms with Crippen molar-refractivity contribution >= 4 is 17.6 Å². The summed E-state index contributed by atoms with van der Waals surface area (Å²) in [7, 11) is 1.70. The molecule has 1 aromatic rings. The van der Waals surface area contributed by atoms with Gasteiger partial charge in [-0.25, -0.2) is 0 Å². The predicted molar refractivity (Wildman–Crippen MR) is 52.3 cm³/mol. The quantitative estimate of drug-likeness (QED) is 0.765. The first-order chi connectivity index (χ1) is 6.43. The Kier molecular flexibility index (Phi) is 3.13. The number of aryl methyl sites for hydroxylation is 2. The van der Waals surface area contributed by atoms with Crippen LogP contribution in [0.2, 0.25) is 5.15 Å². The Morgan fingerprint density at radius 1 is 1.79 bits per heavy atom. The van der Waals surface area contributed by atoms with E-state index in [0.717, 1.165) is 0 Å². The maximum absolute atomic E-state index is 10.5. The molecule has 6 heteroatoms. The summed E-state index contributed by atoms with van der Waals surface area (Å²) in [5, 5.41) is 13.1. The molecular formula is C8H12ClN3O2. The van der Waals surface area contributed by atoms with Gasteiger partial charge in [0.1, 0.15) is 11.2 Å². The van der Waals surface area contributed by atoms with E-state index >= 15 is 0 Å². The van der Waals surface area contributed by atoms with Crippen LogP contribution in [0.1, 0.15) is 11.3 Å². The lowest BCUT2D eigenvalue weighted by Crippen LogP contribution is -2.32. The van der Waals surface area contributed by atoms with E-state index in [9.17, 15) is 4.79 Å². The number of carboxylic acids is 1. The molecule has 0 aliphatic carbocycles. The molecule has 0 bridgehead atoms. The highest BCUT2D eigenvalue weighted by Crippen LogP contribution is 2.19. The van der Waals surface area contributed by atoms with Crippen molar-refractivity contribution in [2.45, 2.75) is 19.4 Å². The van der Waals surface area contributed by atoms with E-state index in [1.165, 1.54) is 4.68 Å². The average Bonchev–Trinajstić information content (AvgIpc) is 2.32. The third-order valence-electron chi connectivity index (χ3n) is 2.01. The number of hydrogen-bond acceptors (Lipinski definition) is 3. The van der Waals surface area contributed by atoms with E-state index < -0.39 is 12.0 Å². The van der Waals surface area contributed by atoms with Gasteiger partial charge in [0.2, 0.25) is 0 Å². The molecule has 14 heavy (non-hydrogen) atoms. The number of hydrogen-bond donors (Lipinski definition) is 2. The SMILES string of the molecule is Cc1nn(C)c(Cl)c1CC(N)C(=O)O. The monoisotopic (exact) mass is 217 g/mol. The van der Waals surface area contributed by atoms with E-state index in [0.29, 0.717) is 16.4 Å². The van der Waals surface area contributed by atoms with Gasteiger partial charge < -0.3 is 10.8 Å². The van der Waals surface area contributed by atoms with Gasteiger partial charge in [-0.3, -0.25) is 9.48 Å². The first-order valence-electron chi connectivity index (χ1n) is 4.09. The van der Waals surface area contributed by atoms with Crippen LogP contribution in [0.3, 0.4) is 0 Å². The van der Waals surface area contributed by atoms with Crippen molar-refractivity contribution < 1.29 is 9.90 Å². The molecule has 1 rings (SSSR count). The molecular weight excluding hydrogens is 206 g/mol. The molecule has 0 fully saturated rings. The van der Waals surface area contributed by atoms with Crippen molar-refractivity contribution in [1.29, 1.82) is 0 Å². The molecule has 0 saturated heterocycles. The van der Waals surface area contributed by atoms with Gasteiger partial charge in [0.25, 0.3) is 0 Å². The lowest BCUT2D eigenvalue weighted by atomic mass is 10.1. The van der Waals surface area contributed by atoms with Crippen molar-refractivity contribution in [1.82, 2.24) is 9.78 Å². The zero-order chi connectivity index (χ0) is 10.9. The average molecular weight is 218 g/mol. The van der Waals surface area contributed by atoms with Gasteiger partial charge in [0.15, 0.2) is 0 Å². The van der Waals surface area contributed by atoms with Crippen LogP contribution in [0, 0.1) is 6.92 Å². The van der Waals surface area contributed by atoms with E-state index in [2.05, 4.69) is 5.10 Å². The van der Waals surface area contributed by atoms with Crippen LogP contribution < -0.4 is 5.73 Å². The largest absolute Gasteiger partial charge is 0.480 e. The lowest BCUT2D eigenvalue weighted by Gasteiger charge is -2.05. The Hall–Kier alpha value is -1.07. The molecule has 1 heterocycles. The Labute approximate surface area is 86.5 Å². The van der Waals surface area contributed by atoms with Gasteiger partial charge in [0, 0.05) is 19.0 Å². The summed E-state index contributed by atoms with van der Waals surface area (Å²) >= 11 is 5.91. The van der Waals surface area contributed by atoms with Gasteiger partial charge in [-0.1, -0.05) is 11.6 Å². The first-order valence-corrected chi connectivity index (χ1v) is 4.47. The number of nitrogens with two attached hydrogens (primary N) is 1. The van der Waals surface area contributed by atoms with Crippen molar-refractivity contribution in [3.63, 3.8) is 0 Å². The highest BCUT2D eigenvalue weighted by Gasteiger charge is 2.18. The Morgan fingerprint density at radius 2 is 2.36 bits per heavy atom. The van der Waals surface area contributed by atoms with Crippen LogP contribution >= 0.6 is 11.6 Å². The molecule has 0 spiro atoms. The molecule has 0 aliphatic heterocycles. The van der Waals surface area contributed by atoms with Gasteiger partial charge in [-0.2, -0.15) is 5.10 Å². The van der Waals surface area contributed by atoms with Crippen LogP contribution in [-0.2, 0) is 18.3 Å². The summed E-state index contributed by atoms with van der Waals surface area (Å²) in [6.45, 7) is 1.77. The second-order valence-electron chi connectivity index (χ2n) is 3.13. The van der Waals surface area contributed by atoms with Gasteiger partial charge >= 0.3 is 5.97 Å². The summed E-state index contributed by atoms with van der Waals surface area (Å²) in [6, 6.07) is -0.935. The number of aromatic nitrogens is 2. The number of aliphatic carboxylic acids is 1. The second-order valence-corrected chi connectivity index (χ2v) is 3.49. The zero-order valence-corrected chi connectivity index (χ0v) is 8.75. The fourth-order valence-electron chi connectivity index (χ4n) is 1.21. The molecule has 0 aliphatic rings. The molecule has 0 aromatic carbocycles.